The predicted octanol–water partition coefficient (Wildman–Crippen LogP) is 6.25. The van der Waals surface area contributed by atoms with E-state index < -0.39 is 0 Å². The molecule has 160 valence electrons. The Bertz CT molecular complexity index is 567. The molecule has 0 amide bonds. The fourth-order valence-corrected chi connectivity index (χ4v) is 2.71. The summed E-state index contributed by atoms with van der Waals surface area (Å²) in [5.74, 6) is 1.88. The third-order valence-electron chi connectivity index (χ3n) is 4.17. The number of unbranched alkanes of at least 4 members (excludes halogenated alkanes) is 2. The standard InChI is InChI=1S/C19H27N5.CH3.2BrH.Ru/c1-3-5-10-21-12-14-23(16-21)18-8-7-9-19(20-18)24-15-13-22(17-24)11-6-4-2;;;;/h7-9,12-17H,3-6,10-11H2,1-2H3;1H3;2*1H;/q-2;-1;;;+2/p-2. The van der Waals surface area contributed by atoms with Crippen LogP contribution in [0.2, 0.25) is 0 Å². The monoisotopic (exact) mass is 600 g/mol. The smallest absolute Gasteiger partial charge is 0.358 e. The Morgan fingerprint density at radius 1 is 0.857 bits per heavy atom. The van der Waals surface area contributed by atoms with Crippen LogP contribution >= 0.6 is 27.2 Å². The van der Waals surface area contributed by atoms with Crippen LogP contribution in [0.25, 0.3) is 0 Å². The molecule has 0 atom stereocenters. The molecule has 1 aromatic heterocycles. The van der Waals surface area contributed by atoms with E-state index in [0.29, 0.717) is 13.2 Å². The molecule has 0 N–H and O–H groups in total. The molecule has 2 aliphatic rings. The molecule has 0 saturated heterocycles. The van der Waals surface area contributed by atoms with Crippen LogP contribution in [0.15, 0.2) is 43.0 Å². The Kier molecular flexibility index (Phi) is 13.1. The van der Waals surface area contributed by atoms with Crippen LogP contribution in [0, 0.1) is 20.8 Å². The van der Waals surface area contributed by atoms with Crippen molar-refractivity contribution in [3.8, 4) is 0 Å². The summed E-state index contributed by atoms with van der Waals surface area (Å²) in [7, 11) is 0. The van der Waals surface area contributed by atoms with Crippen LogP contribution < -0.4 is 9.80 Å². The van der Waals surface area contributed by atoms with Gasteiger partial charge in [-0.15, -0.1) is 13.3 Å². The van der Waals surface area contributed by atoms with Crippen molar-refractivity contribution in [2.75, 3.05) is 22.9 Å². The second-order valence-electron chi connectivity index (χ2n) is 6.23. The number of nitrogens with zero attached hydrogens (tertiary/aromatic N) is 5. The van der Waals surface area contributed by atoms with E-state index in [1.165, 1.54) is 25.7 Å². The van der Waals surface area contributed by atoms with E-state index in [2.05, 4.69) is 105 Å². The summed E-state index contributed by atoms with van der Waals surface area (Å²) in [5, 5.41) is 0. The maximum absolute atomic E-state index is 4.80. The normalized spacial score (nSPS) is 15.1. The molecule has 0 bridgehead atoms. The minimum atomic E-state index is 0. The molecule has 8 heteroatoms. The van der Waals surface area contributed by atoms with Crippen molar-refractivity contribution in [3.05, 3.63) is 63.8 Å². The maximum atomic E-state index is 4.80. The van der Waals surface area contributed by atoms with E-state index in [0.717, 1.165) is 24.7 Å². The van der Waals surface area contributed by atoms with Gasteiger partial charge in [-0.05, 0) is 62.9 Å². The molecule has 0 fully saturated rings. The molecular weight excluding hydrogens is 571 g/mol. The molecule has 0 aliphatic carbocycles. The Labute approximate surface area is 192 Å². The number of anilines is 2. The molecule has 3 rings (SSSR count). The zero-order valence-corrected chi connectivity index (χ0v) is 21.7. The minimum absolute atomic E-state index is 0. The van der Waals surface area contributed by atoms with Crippen molar-refractivity contribution in [3.63, 3.8) is 0 Å². The number of hydrogen-bond donors (Lipinski definition) is 0. The molecule has 0 aromatic carbocycles. The summed E-state index contributed by atoms with van der Waals surface area (Å²) in [5.41, 5.74) is 0. The van der Waals surface area contributed by atoms with Gasteiger partial charge in [0.15, 0.2) is 0 Å². The zero-order valence-electron chi connectivity index (χ0n) is 16.8. The van der Waals surface area contributed by atoms with Gasteiger partial charge in [-0.2, -0.15) is 0 Å². The van der Waals surface area contributed by atoms with E-state index in [9.17, 15) is 0 Å². The zero-order chi connectivity index (χ0) is 19.5. The second kappa shape index (κ2) is 14.4. The van der Waals surface area contributed by atoms with E-state index in [1.54, 1.807) is 0 Å². The van der Waals surface area contributed by atoms with Crippen LogP contribution in [0.3, 0.4) is 0 Å². The first-order valence-corrected chi connectivity index (χ1v) is 17.1. The number of aromatic nitrogens is 1. The third kappa shape index (κ3) is 8.04. The second-order valence-corrected chi connectivity index (χ2v) is 14.2. The van der Waals surface area contributed by atoms with Gasteiger partial charge in [0.2, 0.25) is 0 Å². The Morgan fingerprint density at radius 2 is 1.29 bits per heavy atom. The predicted molar refractivity (Wildman–Crippen MR) is 124 cm³/mol. The molecule has 2 aliphatic heterocycles. The van der Waals surface area contributed by atoms with Gasteiger partial charge in [0.25, 0.3) is 0 Å². The fraction of sp³-hybridized carbons (Fsp3) is 0.400. The van der Waals surface area contributed by atoms with Crippen LogP contribution in [0.5, 0.6) is 0 Å². The van der Waals surface area contributed by atoms with E-state index in [-0.39, 0.29) is 7.43 Å². The van der Waals surface area contributed by atoms with Crippen molar-refractivity contribution in [1.29, 1.82) is 0 Å². The van der Waals surface area contributed by atoms with Crippen LogP contribution in [-0.2, 0) is 13.2 Å². The number of pyridine rings is 1. The van der Waals surface area contributed by atoms with E-state index in [1.807, 2.05) is 12.1 Å². The molecule has 1 aromatic rings. The van der Waals surface area contributed by atoms with Crippen LogP contribution in [0.4, 0.5) is 11.6 Å². The van der Waals surface area contributed by atoms with Gasteiger partial charge in [-0.3, -0.25) is 0 Å². The Hall–Kier alpha value is -0.587. The van der Waals surface area contributed by atoms with Crippen LogP contribution in [-0.4, -0.2) is 27.9 Å². The topological polar surface area (TPSA) is 25.9 Å². The van der Waals surface area contributed by atoms with Gasteiger partial charge in [-0.25, -0.2) is 4.98 Å². The fourth-order valence-electron chi connectivity index (χ4n) is 2.71. The Morgan fingerprint density at radius 3 is 1.68 bits per heavy atom. The van der Waals surface area contributed by atoms with Gasteiger partial charge in [0.05, 0.1) is 0 Å². The first-order chi connectivity index (χ1) is 13.2. The Balaban J connectivity index is 0.000000921. The van der Waals surface area contributed by atoms with Crippen molar-refractivity contribution in [2.24, 2.45) is 0 Å². The molecule has 3 heterocycles. The molecule has 0 spiro atoms. The summed E-state index contributed by atoms with van der Waals surface area (Å²) < 4.78 is 0. The average molecular weight is 601 g/mol. The first-order valence-electron chi connectivity index (χ1n) is 9.18. The summed E-state index contributed by atoms with van der Waals surface area (Å²) in [4.78, 5) is 13.4. The quantitative estimate of drug-likeness (QED) is 0.260. The number of rotatable bonds is 8. The molecule has 28 heavy (non-hydrogen) atoms. The molecule has 0 saturated carbocycles. The van der Waals surface area contributed by atoms with Gasteiger partial charge in [0, 0.05) is 0 Å². The summed E-state index contributed by atoms with van der Waals surface area (Å²) in [6, 6.07) is 6.15. The molecule has 5 nitrogen and oxygen atoms in total. The molecule has 0 unspecified atom stereocenters. The summed E-state index contributed by atoms with van der Waals surface area (Å²) in [6.07, 6.45) is 13.2. The molecule has 0 radical (unpaired) electrons. The SMILES string of the molecule is CCCCN1C=CN(c2cccc(N3C=CN(CCCC)[CH-]3)n2)[CH-]1.[Br][Ru][Br].[CH3-]. The number of hydrogen-bond acceptors (Lipinski definition) is 5. The van der Waals surface area contributed by atoms with Gasteiger partial charge < -0.3 is 27.0 Å². The van der Waals surface area contributed by atoms with Gasteiger partial charge in [0.1, 0.15) is 11.6 Å². The average Bonchev–Trinajstić information content (AvgIpc) is 3.35. The van der Waals surface area contributed by atoms with Crippen molar-refractivity contribution in [2.45, 2.75) is 39.5 Å². The summed E-state index contributed by atoms with van der Waals surface area (Å²) >= 11 is 6.64. The van der Waals surface area contributed by atoms with Crippen molar-refractivity contribution in [1.82, 2.24) is 14.8 Å². The van der Waals surface area contributed by atoms with E-state index in [4.69, 9.17) is 4.98 Å². The first kappa shape index (κ1) is 25.4. The van der Waals surface area contributed by atoms with Gasteiger partial charge >= 0.3 is 40.5 Å². The van der Waals surface area contributed by atoms with Crippen LogP contribution in [0.1, 0.15) is 39.5 Å². The minimum Gasteiger partial charge on any atom is -0.358 e. The molecular formula is C20H30Br2N5Ru-3. The largest absolute Gasteiger partial charge is 0.358 e. The van der Waals surface area contributed by atoms with Gasteiger partial charge in [-0.1, -0.05) is 32.8 Å². The third-order valence-corrected chi connectivity index (χ3v) is 4.17. The summed E-state index contributed by atoms with van der Waals surface area (Å²) in [6.45, 7) is 10.8. The maximum Gasteiger partial charge on any atom is -0.358 e. The van der Waals surface area contributed by atoms with E-state index >= 15 is 0 Å². The number of halogens is 2. The van der Waals surface area contributed by atoms with Crippen molar-refractivity contribution < 1.29 is 13.2 Å². The van der Waals surface area contributed by atoms with Crippen molar-refractivity contribution >= 4 is 38.9 Å².